The molecule has 0 bridgehead atoms. The van der Waals surface area contributed by atoms with Gasteiger partial charge >= 0.3 is 11.9 Å². The largest absolute Gasteiger partial charge is 0.469 e. The van der Waals surface area contributed by atoms with E-state index in [1.807, 2.05) is 0 Å². The highest BCUT2D eigenvalue weighted by molar-refractivity contribution is 6.14. The van der Waals surface area contributed by atoms with Gasteiger partial charge in [-0.3, -0.25) is 9.59 Å². The van der Waals surface area contributed by atoms with Gasteiger partial charge in [0.2, 0.25) is 5.91 Å². The summed E-state index contributed by atoms with van der Waals surface area (Å²) in [5, 5.41) is 0. The van der Waals surface area contributed by atoms with Crippen LogP contribution in [0.25, 0.3) is 11.3 Å². The number of nitrogens with zero attached hydrogens (tertiary/aromatic N) is 2. The zero-order chi connectivity index (χ0) is 21.6. The van der Waals surface area contributed by atoms with Crippen LogP contribution in [0, 0.1) is 0 Å². The topological polar surface area (TPSA) is 125 Å². The van der Waals surface area contributed by atoms with Crippen molar-refractivity contribution < 1.29 is 28.3 Å². The number of methoxy groups -OCH3 is 2. The number of rotatable bonds is 5. The lowest BCUT2D eigenvalue weighted by atomic mass is 9.74. The number of fused-ring (bicyclic) bond motifs is 5. The Morgan fingerprint density at radius 3 is 2.70 bits per heavy atom. The van der Waals surface area contributed by atoms with Gasteiger partial charge in [-0.2, -0.15) is 4.98 Å². The van der Waals surface area contributed by atoms with E-state index in [-0.39, 0.29) is 35.9 Å². The fourth-order valence-electron chi connectivity index (χ4n) is 4.25. The van der Waals surface area contributed by atoms with Crippen LogP contribution in [-0.2, 0) is 29.3 Å². The number of hydrogen-bond donors (Lipinski definition) is 1. The summed E-state index contributed by atoms with van der Waals surface area (Å²) in [6.45, 7) is 3.75. The molecule has 0 saturated heterocycles. The van der Waals surface area contributed by atoms with Crippen molar-refractivity contribution >= 4 is 23.9 Å². The first-order valence-electron chi connectivity index (χ1n) is 9.10. The highest BCUT2D eigenvalue weighted by atomic mass is 16.5. The molecular formula is C21H19N3O6. The Hall–Kier alpha value is -3.88. The first-order valence-corrected chi connectivity index (χ1v) is 9.10. The molecule has 9 nitrogen and oxygen atoms in total. The van der Waals surface area contributed by atoms with Crippen LogP contribution in [0.4, 0.5) is 6.01 Å². The highest BCUT2D eigenvalue weighted by Crippen LogP contribution is 2.58. The number of nitrogen functional groups attached to an aromatic ring is 1. The lowest BCUT2D eigenvalue weighted by molar-refractivity contribution is -0.140. The summed E-state index contributed by atoms with van der Waals surface area (Å²) in [6.07, 6.45) is 1.19. The molecule has 1 amide bonds. The molecule has 1 aromatic carbocycles. The van der Waals surface area contributed by atoms with Crippen molar-refractivity contribution in [2.45, 2.75) is 11.8 Å². The molecular weight excluding hydrogens is 390 g/mol. The number of hydrogen-bond acceptors (Lipinski definition) is 8. The van der Waals surface area contributed by atoms with Crippen LogP contribution in [0.3, 0.4) is 0 Å². The van der Waals surface area contributed by atoms with Crippen LogP contribution in [-0.4, -0.2) is 48.5 Å². The molecule has 0 fully saturated rings. The number of aromatic nitrogens is 1. The average Bonchev–Trinajstić information content (AvgIpc) is 3.33. The number of carbonyl (C=O) groups is 3. The maximum absolute atomic E-state index is 13.9. The van der Waals surface area contributed by atoms with E-state index in [4.69, 9.17) is 19.6 Å². The van der Waals surface area contributed by atoms with Crippen LogP contribution < -0.4 is 5.73 Å². The molecule has 1 aromatic heterocycles. The molecule has 1 atom stereocenters. The normalized spacial score (nSPS) is 19.1. The lowest BCUT2D eigenvalue weighted by Crippen LogP contribution is -2.42. The fraction of sp³-hybridized carbons (Fsp3) is 0.238. The minimum absolute atomic E-state index is 0.0123. The molecule has 2 heterocycles. The maximum Gasteiger partial charge on any atom is 0.337 e. The fourth-order valence-corrected chi connectivity index (χ4v) is 4.25. The molecule has 9 heteroatoms. The van der Waals surface area contributed by atoms with Crippen LogP contribution in [0.2, 0.25) is 0 Å². The average molecular weight is 409 g/mol. The highest BCUT2D eigenvalue weighted by Gasteiger charge is 2.64. The Morgan fingerprint density at radius 1 is 1.30 bits per heavy atom. The number of anilines is 1. The van der Waals surface area contributed by atoms with E-state index in [9.17, 15) is 14.4 Å². The van der Waals surface area contributed by atoms with Gasteiger partial charge in [-0.1, -0.05) is 30.3 Å². The first kappa shape index (κ1) is 19.4. The quantitative estimate of drug-likeness (QED) is 0.582. The molecule has 1 spiro atoms. The van der Waals surface area contributed by atoms with Crippen LogP contribution in [0.1, 0.15) is 17.7 Å². The number of benzene rings is 1. The van der Waals surface area contributed by atoms with Crippen LogP contribution >= 0.6 is 0 Å². The zero-order valence-electron chi connectivity index (χ0n) is 16.4. The molecule has 1 aliphatic carbocycles. The molecule has 1 aliphatic heterocycles. The third-order valence-electron chi connectivity index (χ3n) is 5.37. The third-order valence-corrected chi connectivity index (χ3v) is 5.37. The maximum atomic E-state index is 13.9. The van der Waals surface area contributed by atoms with Gasteiger partial charge in [0.05, 0.1) is 26.2 Å². The van der Waals surface area contributed by atoms with Gasteiger partial charge in [-0.25, -0.2) is 4.79 Å². The predicted octanol–water partition coefficient (Wildman–Crippen LogP) is 1.54. The smallest absolute Gasteiger partial charge is 0.337 e. The van der Waals surface area contributed by atoms with E-state index in [2.05, 4.69) is 11.6 Å². The molecule has 2 aliphatic rings. The van der Waals surface area contributed by atoms with Crippen molar-refractivity contribution in [2.24, 2.45) is 0 Å². The Morgan fingerprint density at radius 2 is 2.03 bits per heavy atom. The van der Waals surface area contributed by atoms with Crippen molar-refractivity contribution in [3.63, 3.8) is 0 Å². The standard InChI is InChI=1S/C21H19N3O6/c1-4-9-24-13(10-14(25)28-2)15(18(26)29-3)21(19(24)27)12-8-6-5-7-11(12)16-17(21)23-20(22)30-16/h4-8H,1,9-10H2,2-3H3,(H2,22,23). The number of esters is 2. The number of amides is 1. The van der Waals surface area contributed by atoms with Crippen LogP contribution in [0.5, 0.6) is 0 Å². The van der Waals surface area contributed by atoms with Gasteiger partial charge < -0.3 is 24.5 Å². The molecule has 154 valence electrons. The second-order valence-corrected chi connectivity index (χ2v) is 6.80. The van der Waals surface area contributed by atoms with Gasteiger partial charge in [0.25, 0.3) is 6.01 Å². The van der Waals surface area contributed by atoms with Gasteiger partial charge in [0, 0.05) is 17.8 Å². The van der Waals surface area contributed by atoms with E-state index in [0.29, 0.717) is 16.9 Å². The zero-order valence-corrected chi connectivity index (χ0v) is 16.4. The first-order chi connectivity index (χ1) is 14.4. The molecule has 1 unspecified atom stereocenters. The number of ether oxygens (including phenoxy) is 2. The Kier molecular flexibility index (Phi) is 4.45. The molecule has 2 N–H and O–H groups in total. The number of oxazole rings is 1. The number of carbonyl (C=O) groups excluding carboxylic acids is 3. The van der Waals surface area contributed by atoms with Crippen molar-refractivity contribution in [1.29, 1.82) is 0 Å². The summed E-state index contributed by atoms with van der Waals surface area (Å²) in [5.74, 6) is -1.55. The predicted molar refractivity (Wildman–Crippen MR) is 105 cm³/mol. The lowest BCUT2D eigenvalue weighted by Gasteiger charge is -2.26. The summed E-state index contributed by atoms with van der Waals surface area (Å²) < 4.78 is 15.4. The Balaban J connectivity index is 2.11. The summed E-state index contributed by atoms with van der Waals surface area (Å²) in [6, 6.07) is 6.86. The van der Waals surface area contributed by atoms with E-state index in [1.54, 1.807) is 24.3 Å². The Labute approximate surface area is 171 Å². The minimum atomic E-state index is -1.65. The van der Waals surface area contributed by atoms with E-state index in [1.165, 1.54) is 25.2 Å². The molecule has 0 radical (unpaired) electrons. The summed E-state index contributed by atoms with van der Waals surface area (Å²) in [5.41, 5.74) is 5.60. The second kappa shape index (κ2) is 6.87. The second-order valence-electron chi connectivity index (χ2n) is 6.80. The van der Waals surface area contributed by atoms with Crippen molar-refractivity contribution in [3.8, 4) is 11.3 Å². The van der Waals surface area contributed by atoms with Crippen molar-refractivity contribution in [3.05, 3.63) is 59.4 Å². The van der Waals surface area contributed by atoms with Gasteiger partial charge in [0.15, 0.2) is 11.2 Å². The van der Waals surface area contributed by atoms with Gasteiger partial charge in [0.1, 0.15) is 5.69 Å². The van der Waals surface area contributed by atoms with Crippen molar-refractivity contribution in [2.75, 3.05) is 26.5 Å². The minimum Gasteiger partial charge on any atom is -0.469 e. The number of nitrogens with two attached hydrogens (primary N) is 1. The van der Waals surface area contributed by atoms with Crippen molar-refractivity contribution in [1.82, 2.24) is 9.88 Å². The summed E-state index contributed by atoms with van der Waals surface area (Å²) in [7, 11) is 2.44. The van der Waals surface area contributed by atoms with Crippen LogP contribution in [0.15, 0.2) is 52.6 Å². The van der Waals surface area contributed by atoms with Gasteiger partial charge in [-0.15, -0.1) is 6.58 Å². The molecule has 0 saturated carbocycles. The Bertz CT molecular complexity index is 1130. The SMILES string of the molecule is C=CCN1C(=O)C2(C(C(=O)OC)=C1CC(=O)OC)c1ccccc1-c1oc(N)nc12. The van der Waals surface area contributed by atoms with E-state index < -0.39 is 23.3 Å². The third kappa shape index (κ3) is 2.35. The summed E-state index contributed by atoms with van der Waals surface area (Å²) >= 11 is 0. The monoisotopic (exact) mass is 409 g/mol. The summed E-state index contributed by atoms with van der Waals surface area (Å²) in [4.78, 5) is 44.7. The van der Waals surface area contributed by atoms with E-state index >= 15 is 0 Å². The molecule has 2 aromatic rings. The van der Waals surface area contributed by atoms with Gasteiger partial charge in [-0.05, 0) is 5.56 Å². The molecule has 30 heavy (non-hydrogen) atoms. The van der Waals surface area contributed by atoms with E-state index in [0.717, 1.165) is 0 Å². The molecule has 4 rings (SSSR count).